The van der Waals surface area contributed by atoms with E-state index in [1.807, 2.05) is 12.1 Å². The third-order valence-corrected chi connectivity index (χ3v) is 4.11. The highest BCUT2D eigenvalue weighted by molar-refractivity contribution is 5.78. The molecule has 1 amide bonds. The fourth-order valence-electron chi connectivity index (χ4n) is 2.93. The van der Waals surface area contributed by atoms with Gasteiger partial charge in [-0.3, -0.25) is 4.79 Å². The Hall–Kier alpha value is -1.51. The number of hydrogen-bond acceptors (Lipinski definition) is 2. The zero-order valence-corrected chi connectivity index (χ0v) is 12.6. The van der Waals surface area contributed by atoms with Crippen LogP contribution >= 0.6 is 0 Å². The smallest absolute Gasteiger partial charge is 0.223 e. The highest BCUT2D eigenvalue weighted by atomic mass is 16.5. The standard InChI is InChI=1S/C17H25NO2/c1-13-8-9-16(20-2)15(12-13)10-11-18-17(19)14-6-4-3-5-7-14/h8-9,12,14H,3-7,10-11H2,1-2H3,(H,18,19). The van der Waals surface area contributed by atoms with Crippen molar-refractivity contribution in [1.29, 1.82) is 0 Å². The van der Waals surface area contributed by atoms with Crippen molar-refractivity contribution < 1.29 is 9.53 Å². The first-order chi connectivity index (χ1) is 9.70. The van der Waals surface area contributed by atoms with Crippen LogP contribution in [-0.2, 0) is 11.2 Å². The van der Waals surface area contributed by atoms with Crippen LogP contribution in [0.3, 0.4) is 0 Å². The molecule has 2 rings (SSSR count). The van der Waals surface area contributed by atoms with E-state index in [-0.39, 0.29) is 11.8 Å². The van der Waals surface area contributed by atoms with Gasteiger partial charge in [-0.15, -0.1) is 0 Å². The Morgan fingerprint density at radius 2 is 2.05 bits per heavy atom. The molecule has 1 N–H and O–H groups in total. The summed E-state index contributed by atoms with van der Waals surface area (Å²) in [6.45, 7) is 2.76. The molecule has 20 heavy (non-hydrogen) atoms. The molecule has 0 radical (unpaired) electrons. The Morgan fingerprint density at radius 1 is 1.30 bits per heavy atom. The van der Waals surface area contributed by atoms with Crippen LogP contribution in [0, 0.1) is 12.8 Å². The van der Waals surface area contributed by atoms with Gasteiger partial charge in [-0.05, 0) is 37.8 Å². The van der Waals surface area contributed by atoms with Crippen LogP contribution in [-0.4, -0.2) is 19.6 Å². The molecule has 0 spiro atoms. The summed E-state index contributed by atoms with van der Waals surface area (Å²) in [6, 6.07) is 6.17. The molecule has 0 aromatic heterocycles. The summed E-state index contributed by atoms with van der Waals surface area (Å²) < 4.78 is 5.36. The topological polar surface area (TPSA) is 38.3 Å². The lowest BCUT2D eigenvalue weighted by atomic mass is 9.88. The van der Waals surface area contributed by atoms with E-state index in [2.05, 4.69) is 18.3 Å². The maximum atomic E-state index is 12.1. The Kier molecular flexibility index (Phi) is 5.45. The van der Waals surface area contributed by atoms with Gasteiger partial charge >= 0.3 is 0 Å². The monoisotopic (exact) mass is 275 g/mol. The van der Waals surface area contributed by atoms with Gasteiger partial charge in [-0.25, -0.2) is 0 Å². The van der Waals surface area contributed by atoms with Crippen molar-refractivity contribution in [2.45, 2.75) is 45.4 Å². The van der Waals surface area contributed by atoms with Crippen LogP contribution in [0.2, 0.25) is 0 Å². The van der Waals surface area contributed by atoms with Crippen LogP contribution in [0.15, 0.2) is 18.2 Å². The highest BCUT2D eigenvalue weighted by Gasteiger charge is 2.20. The largest absolute Gasteiger partial charge is 0.496 e. The van der Waals surface area contributed by atoms with E-state index >= 15 is 0 Å². The molecule has 110 valence electrons. The number of rotatable bonds is 5. The number of methoxy groups -OCH3 is 1. The van der Waals surface area contributed by atoms with Crippen molar-refractivity contribution in [3.05, 3.63) is 29.3 Å². The van der Waals surface area contributed by atoms with E-state index < -0.39 is 0 Å². The van der Waals surface area contributed by atoms with Crippen molar-refractivity contribution in [1.82, 2.24) is 5.32 Å². The van der Waals surface area contributed by atoms with Gasteiger partial charge in [0.05, 0.1) is 7.11 Å². The zero-order chi connectivity index (χ0) is 14.4. The van der Waals surface area contributed by atoms with Crippen molar-refractivity contribution in [2.75, 3.05) is 13.7 Å². The number of carbonyl (C=O) groups is 1. The molecule has 1 aliphatic rings. The van der Waals surface area contributed by atoms with E-state index in [1.165, 1.54) is 24.8 Å². The van der Waals surface area contributed by atoms with E-state index in [0.717, 1.165) is 30.6 Å². The fourth-order valence-corrected chi connectivity index (χ4v) is 2.93. The average Bonchev–Trinajstić information content (AvgIpc) is 2.48. The Morgan fingerprint density at radius 3 is 2.75 bits per heavy atom. The molecule has 0 aliphatic heterocycles. The van der Waals surface area contributed by atoms with E-state index in [0.29, 0.717) is 6.54 Å². The predicted molar refractivity (Wildman–Crippen MR) is 81.0 cm³/mol. The number of nitrogens with one attached hydrogen (secondary N) is 1. The summed E-state index contributed by atoms with van der Waals surface area (Å²) in [7, 11) is 1.69. The summed E-state index contributed by atoms with van der Waals surface area (Å²) in [4.78, 5) is 12.1. The van der Waals surface area contributed by atoms with Crippen LogP contribution in [0.25, 0.3) is 0 Å². The minimum Gasteiger partial charge on any atom is -0.496 e. The lowest BCUT2D eigenvalue weighted by Gasteiger charge is -2.20. The Balaban J connectivity index is 1.83. The molecule has 0 atom stereocenters. The maximum Gasteiger partial charge on any atom is 0.223 e. The van der Waals surface area contributed by atoms with Gasteiger partial charge in [0.25, 0.3) is 0 Å². The number of benzene rings is 1. The molecular formula is C17H25NO2. The molecule has 3 nitrogen and oxygen atoms in total. The molecule has 0 saturated heterocycles. The summed E-state index contributed by atoms with van der Waals surface area (Å²) >= 11 is 0. The summed E-state index contributed by atoms with van der Waals surface area (Å²) in [5.41, 5.74) is 2.39. The van der Waals surface area contributed by atoms with Crippen LogP contribution in [0.4, 0.5) is 0 Å². The number of aryl methyl sites for hydroxylation is 1. The molecule has 1 aromatic carbocycles. The third-order valence-electron chi connectivity index (χ3n) is 4.11. The van der Waals surface area contributed by atoms with Crippen LogP contribution < -0.4 is 10.1 Å². The molecular weight excluding hydrogens is 250 g/mol. The minimum absolute atomic E-state index is 0.233. The van der Waals surface area contributed by atoms with Gasteiger partial charge in [-0.2, -0.15) is 0 Å². The first kappa shape index (κ1) is 14.9. The quantitative estimate of drug-likeness (QED) is 0.896. The molecule has 0 unspecified atom stereocenters. The van der Waals surface area contributed by atoms with Gasteiger partial charge in [-0.1, -0.05) is 37.0 Å². The molecule has 0 heterocycles. The van der Waals surface area contributed by atoms with E-state index in [1.54, 1.807) is 7.11 Å². The second-order valence-corrected chi connectivity index (χ2v) is 5.69. The van der Waals surface area contributed by atoms with Gasteiger partial charge in [0.15, 0.2) is 0 Å². The van der Waals surface area contributed by atoms with Gasteiger partial charge < -0.3 is 10.1 Å². The van der Waals surface area contributed by atoms with Crippen molar-refractivity contribution in [3.8, 4) is 5.75 Å². The lowest BCUT2D eigenvalue weighted by molar-refractivity contribution is -0.125. The number of carbonyl (C=O) groups excluding carboxylic acids is 1. The molecule has 1 aromatic rings. The van der Waals surface area contributed by atoms with Crippen molar-refractivity contribution >= 4 is 5.91 Å². The molecule has 0 bridgehead atoms. The van der Waals surface area contributed by atoms with Crippen LogP contribution in [0.5, 0.6) is 5.75 Å². The number of amides is 1. The van der Waals surface area contributed by atoms with Crippen LogP contribution in [0.1, 0.15) is 43.2 Å². The number of ether oxygens (including phenoxy) is 1. The normalized spacial score (nSPS) is 15.9. The second kappa shape index (κ2) is 7.32. The summed E-state index contributed by atoms with van der Waals surface area (Å²) in [6.07, 6.45) is 6.61. The fraction of sp³-hybridized carbons (Fsp3) is 0.588. The Bertz CT molecular complexity index is 450. The highest BCUT2D eigenvalue weighted by Crippen LogP contribution is 2.24. The van der Waals surface area contributed by atoms with Crippen molar-refractivity contribution in [3.63, 3.8) is 0 Å². The molecule has 1 aliphatic carbocycles. The molecule has 3 heteroatoms. The predicted octanol–water partition coefficient (Wildman–Crippen LogP) is 3.24. The summed E-state index contributed by atoms with van der Waals surface area (Å²) in [5, 5.41) is 3.08. The Labute approximate surface area is 121 Å². The SMILES string of the molecule is COc1ccc(C)cc1CCNC(=O)C1CCCCC1. The van der Waals surface area contributed by atoms with Crippen molar-refractivity contribution in [2.24, 2.45) is 5.92 Å². The maximum absolute atomic E-state index is 12.1. The van der Waals surface area contributed by atoms with Gasteiger partial charge in [0.2, 0.25) is 5.91 Å². The van der Waals surface area contributed by atoms with Gasteiger partial charge in [0, 0.05) is 12.5 Å². The van der Waals surface area contributed by atoms with Gasteiger partial charge in [0.1, 0.15) is 5.75 Å². The average molecular weight is 275 g/mol. The molecule has 1 fully saturated rings. The first-order valence-electron chi connectivity index (χ1n) is 7.62. The second-order valence-electron chi connectivity index (χ2n) is 5.69. The third kappa shape index (κ3) is 3.99. The van der Waals surface area contributed by atoms with E-state index in [4.69, 9.17) is 4.74 Å². The summed E-state index contributed by atoms with van der Waals surface area (Å²) in [5.74, 6) is 1.38. The zero-order valence-electron chi connectivity index (χ0n) is 12.6. The molecule has 1 saturated carbocycles. The first-order valence-corrected chi connectivity index (χ1v) is 7.62. The minimum atomic E-state index is 0.233. The number of hydrogen-bond donors (Lipinski definition) is 1. The lowest BCUT2D eigenvalue weighted by Crippen LogP contribution is -2.33. The van der Waals surface area contributed by atoms with E-state index in [9.17, 15) is 4.79 Å².